The van der Waals surface area contributed by atoms with Crippen LogP contribution in [0, 0.1) is 0 Å². The maximum atomic E-state index is 10.8. The van der Waals surface area contributed by atoms with E-state index >= 15 is 0 Å². The van der Waals surface area contributed by atoms with Crippen LogP contribution in [0.3, 0.4) is 0 Å². The number of unbranched alkanes of at least 4 members (excludes halogenated alkanes) is 4. The van der Waals surface area contributed by atoms with Gasteiger partial charge in [0.25, 0.3) is 0 Å². The van der Waals surface area contributed by atoms with Crippen molar-refractivity contribution in [2.45, 2.75) is 78.2 Å². The van der Waals surface area contributed by atoms with Crippen LogP contribution in [-0.4, -0.2) is 15.6 Å². The summed E-state index contributed by atoms with van der Waals surface area (Å²) in [6.45, 7) is 5.47. The summed E-state index contributed by atoms with van der Waals surface area (Å²) in [7, 11) is 0. The molecule has 0 aliphatic heterocycles. The number of nitrogens with zero attached hydrogens (tertiary/aromatic N) is 1. The maximum Gasteiger partial charge on any atom is 0.303 e. The van der Waals surface area contributed by atoms with Crippen molar-refractivity contribution in [1.29, 1.82) is 0 Å². The van der Waals surface area contributed by atoms with Crippen molar-refractivity contribution in [2.24, 2.45) is 0 Å². The number of hydrogen-bond donors (Lipinski definition) is 1. The summed E-state index contributed by atoms with van der Waals surface area (Å²) >= 11 is 0. The number of rotatable bonds is 11. The van der Waals surface area contributed by atoms with E-state index in [9.17, 15) is 4.79 Å². The van der Waals surface area contributed by atoms with Crippen molar-refractivity contribution in [1.82, 2.24) is 4.57 Å². The fraction of sp³-hybridized carbons (Fsp3) is 0.706. The van der Waals surface area contributed by atoms with E-state index in [1.165, 1.54) is 49.9 Å². The lowest BCUT2D eigenvalue weighted by atomic mass is 10.1. The van der Waals surface area contributed by atoms with Crippen LogP contribution >= 0.6 is 0 Å². The molecule has 1 heterocycles. The molecule has 3 nitrogen and oxygen atoms in total. The van der Waals surface area contributed by atoms with E-state index in [-0.39, 0.29) is 6.42 Å². The van der Waals surface area contributed by atoms with E-state index in [4.69, 9.17) is 5.11 Å². The van der Waals surface area contributed by atoms with Gasteiger partial charge in [-0.05, 0) is 37.8 Å². The molecule has 0 aromatic carbocycles. The predicted octanol–water partition coefficient (Wildman–Crippen LogP) is 4.43. The molecule has 0 unspecified atom stereocenters. The monoisotopic (exact) mass is 279 g/mol. The number of carboxylic acids is 1. The Labute approximate surface area is 123 Å². The SMILES string of the molecule is CCCCCc1ccc(CCC(=O)O)n1CCCCC. The van der Waals surface area contributed by atoms with Gasteiger partial charge in [0.15, 0.2) is 0 Å². The molecule has 1 rings (SSSR count). The molecule has 1 aromatic heterocycles. The molecular weight excluding hydrogens is 250 g/mol. The van der Waals surface area contributed by atoms with Gasteiger partial charge < -0.3 is 9.67 Å². The summed E-state index contributed by atoms with van der Waals surface area (Å²) in [5.74, 6) is -0.709. The molecule has 0 atom stereocenters. The molecule has 0 aliphatic rings. The predicted molar refractivity (Wildman–Crippen MR) is 83.1 cm³/mol. The van der Waals surface area contributed by atoms with Crippen molar-refractivity contribution in [3.63, 3.8) is 0 Å². The van der Waals surface area contributed by atoms with Crippen LogP contribution < -0.4 is 0 Å². The fourth-order valence-corrected chi connectivity index (χ4v) is 2.59. The number of carbonyl (C=O) groups is 1. The van der Waals surface area contributed by atoms with E-state index in [1.807, 2.05) is 0 Å². The first-order chi connectivity index (χ1) is 9.69. The van der Waals surface area contributed by atoms with Crippen molar-refractivity contribution in [3.8, 4) is 0 Å². The molecule has 1 aromatic rings. The second-order valence-corrected chi connectivity index (χ2v) is 5.53. The molecule has 0 aliphatic carbocycles. The third-order valence-electron chi connectivity index (χ3n) is 3.78. The summed E-state index contributed by atoms with van der Waals surface area (Å²) in [5.41, 5.74) is 2.57. The van der Waals surface area contributed by atoms with Crippen LogP contribution in [0.25, 0.3) is 0 Å². The highest BCUT2D eigenvalue weighted by Crippen LogP contribution is 2.16. The van der Waals surface area contributed by atoms with Gasteiger partial charge in [0.2, 0.25) is 0 Å². The topological polar surface area (TPSA) is 42.2 Å². The van der Waals surface area contributed by atoms with Crippen LogP contribution in [0.4, 0.5) is 0 Å². The number of aliphatic carboxylic acids is 1. The molecule has 1 N–H and O–H groups in total. The van der Waals surface area contributed by atoms with Gasteiger partial charge in [-0.2, -0.15) is 0 Å². The van der Waals surface area contributed by atoms with Crippen LogP contribution in [-0.2, 0) is 24.2 Å². The first-order valence-corrected chi connectivity index (χ1v) is 8.08. The summed E-state index contributed by atoms with van der Waals surface area (Å²) < 4.78 is 2.37. The minimum Gasteiger partial charge on any atom is -0.481 e. The Kier molecular flexibility index (Phi) is 8.08. The quantitative estimate of drug-likeness (QED) is 0.609. The Morgan fingerprint density at radius 2 is 1.60 bits per heavy atom. The molecule has 0 bridgehead atoms. The Hall–Kier alpha value is -1.25. The Morgan fingerprint density at radius 3 is 2.20 bits per heavy atom. The highest BCUT2D eigenvalue weighted by molar-refractivity contribution is 5.67. The van der Waals surface area contributed by atoms with E-state index < -0.39 is 5.97 Å². The third kappa shape index (κ3) is 5.81. The largest absolute Gasteiger partial charge is 0.481 e. The standard InChI is InChI=1S/C17H29NO2/c1-3-5-7-9-15-10-11-16(12-13-17(19)20)18(15)14-8-6-4-2/h10-11H,3-9,12-14H2,1-2H3,(H,19,20). The Bertz CT molecular complexity index is 396. The average molecular weight is 279 g/mol. The van der Waals surface area contributed by atoms with Gasteiger partial charge in [0.1, 0.15) is 0 Å². The molecule has 0 fully saturated rings. The molecule has 0 spiro atoms. The van der Waals surface area contributed by atoms with Crippen molar-refractivity contribution >= 4 is 5.97 Å². The van der Waals surface area contributed by atoms with Crippen molar-refractivity contribution < 1.29 is 9.90 Å². The second kappa shape index (κ2) is 9.62. The van der Waals surface area contributed by atoms with Gasteiger partial charge in [-0.15, -0.1) is 0 Å². The van der Waals surface area contributed by atoms with Gasteiger partial charge in [-0.1, -0.05) is 39.5 Å². The van der Waals surface area contributed by atoms with E-state index in [0.29, 0.717) is 6.42 Å². The zero-order valence-electron chi connectivity index (χ0n) is 13.0. The molecule has 20 heavy (non-hydrogen) atoms. The zero-order valence-corrected chi connectivity index (χ0v) is 13.0. The Balaban J connectivity index is 2.68. The normalized spacial score (nSPS) is 10.9. The van der Waals surface area contributed by atoms with E-state index in [1.54, 1.807) is 0 Å². The molecule has 0 radical (unpaired) electrons. The fourth-order valence-electron chi connectivity index (χ4n) is 2.59. The smallest absolute Gasteiger partial charge is 0.303 e. The summed E-state index contributed by atoms with van der Waals surface area (Å²) in [6, 6.07) is 4.31. The summed E-state index contributed by atoms with van der Waals surface area (Å²) in [4.78, 5) is 10.8. The molecule has 0 amide bonds. The van der Waals surface area contributed by atoms with Gasteiger partial charge in [0, 0.05) is 17.9 Å². The highest BCUT2D eigenvalue weighted by Gasteiger charge is 2.09. The maximum absolute atomic E-state index is 10.8. The first-order valence-electron chi connectivity index (χ1n) is 8.08. The van der Waals surface area contributed by atoms with Gasteiger partial charge >= 0.3 is 5.97 Å². The van der Waals surface area contributed by atoms with E-state index in [0.717, 1.165) is 13.0 Å². The van der Waals surface area contributed by atoms with Crippen molar-refractivity contribution in [3.05, 3.63) is 23.5 Å². The van der Waals surface area contributed by atoms with E-state index in [2.05, 4.69) is 30.5 Å². The van der Waals surface area contributed by atoms with Crippen LogP contribution in [0.1, 0.15) is 70.2 Å². The number of carboxylic acid groups (broad SMARTS) is 1. The molecule has 3 heteroatoms. The number of aromatic nitrogens is 1. The lowest BCUT2D eigenvalue weighted by molar-refractivity contribution is -0.136. The summed E-state index contributed by atoms with van der Waals surface area (Å²) in [5, 5.41) is 8.85. The lowest BCUT2D eigenvalue weighted by Gasteiger charge is -2.13. The Morgan fingerprint density at radius 1 is 1.00 bits per heavy atom. The highest BCUT2D eigenvalue weighted by atomic mass is 16.4. The lowest BCUT2D eigenvalue weighted by Crippen LogP contribution is -2.09. The molecule has 0 saturated carbocycles. The van der Waals surface area contributed by atoms with Crippen LogP contribution in [0.2, 0.25) is 0 Å². The molecule has 0 saturated heterocycles. The van der Waals surface area contributed by atoms with Gasteiger partial charge in [0.05, 0.1) is 6.42 Å². The van der Waals surface area contributed by atoms with Crippen LogP contribution in [0.5, 0.6) is 0 Å². The van der Waals surface area contributed by atoms with Gasteiger partial charge in [-0.25, -0.2) is 0 Å². The molecule has 114 valence electrons. The average Bonchev–Trinajstić information content (AvgIpc) is 2.80. The van der Waals surface area contributed by atoms with Crippen LogP contribution in [0.15, 0.2) is 12.1 Å². The third-order valence-corrected chi connectivity index (χ3v) is 3.78. The van der Waals surface area contributed by atoms with Crippen molar-refractivity contribution in [2.75, 3.05) is 0 Å². The number of aryl methyl sites for hydroxylation is 2. The second-order valence-electron chi connectivity index (χ2n) is 5.53. The minimum absolute atomic E-state index is 0.228. The minimum atomic E-state index is -0.709. The number of hydrogen-bond acceptors (Lipinski definition) is 1. The molecular formula is C17H29NO2. The first kappa shape index (κ1) is 16.8. The van der Waals surface area contributed by atoms with Gasteiger partial charge in [-0.3, -0.25) is 4.79 Å². The zero-order chi connectivity index (χ0) is 14.8. The summed E-state index contributed by atoms with van der Waals surface area (Å²) in [6.07, 6.45) is 9.38.